The van der Waals surface area contributed by atoms with Gasteiger partial charge in [0.25, 0.3) is 5.89 Å². The fraction of sp³-hybridized carbons (Fsp3) is 0.200. The lowest BCUT2D eigenvalue weighted by Gasteiger charge is -2.07. The average molecular weight is 384 g/mol. The second-order valence-electron chi connectivity index (χ2n) is 5.04. The minimum Gasteiger partial charge on any atom is -0.420 e. The molecule has 9 heteroatoms. The van der Waals surface area contributed by atoms with Crippen LogP contribution in [0.25, 0.3) is 10.8 Å². The number of rotatable bonds is 6. The summed E-state index contributed by atoms with van der Waals surface area (Å²) in [5.41, 5.74) is 0.822. The largest absolute Gasteiger partial charge is 0.420 e. The highest BCUT2D eigenvalue weighted by Gasteiger charge is 2.16. The van der Waals surface area contributed by atoms with Gasteiger partial charge in [0.15, 0.2) is 0 Å². The number of aromatic nitrogens is 2. The molecule has 0 saturated carbocycles. The number of aryl methyl sites for hydroxylation is 1. The van der Waals surface area contributed by atoms with Crippen molar-refractivity contribution in [3.05, 3.63) is 52.2 Å². The van der Waals surface area contributed by atoms with Crippen LogP contribution in [-0.4, -0.2) is 25.2 Å². The third kappa shape index (κ3) is 3.84. The van der Waals surface area contributed by atoms with Crippen LogP contribution in [0.15, 0.2) is 45.0 Å². The average Bonchev–Trinajstić information content (AvgIpc) is 3.20. The molecule has 6 nitrogen and oxygen atoms in total. The van der Waals surface area contributed by atoms with Gasteiger partial charge in [0, 0.05) is 18.0 Å². The molecule has 0 atom stereocenters. The van der Waals surface area contributed by atoms with E-state index in [1.807, 2.05) is 24.4 Å². The van der Waals surface area contributed by atoms with E-state index in [1.54, 1.807) is 6.07 Å². The summed E-state index contributed by atoms with van der Waals surface area (Å²) < 4.78 is 32.5. The molecule has 24 heavy (non-hydrogen) atoms. The summed E-state index contributed by atoms with van der Waals surface area (Å²) in [6, 6.07) is 8.39. The van der Waals surface area contributed by atoms with Crippen LogP contribution in [0.4, 0.5) is 0 Å². The smallest absolute Gasteiger partial charge is 0.257 e. The standard InChI is InChI=1S/C15H14ClN3O3S2/c1-10-4-5-11(9-12(10)16)24(20,21)17-7-6-14-18-19-15(22-14)13-3-2-8-23-13/h2-5,8-9,17H,6-7H2,1H3. The molecular formula is C15H14ClN3O3S2. The van der Waals surface area contributed by atoms with Crippen LogP contribution in [0.1, 0.15) is 11.5 Å². The van der Waals surface area contributed by atoms with E-state index in [0.29, 0.717) is 23.2 Å². The number of thiophene rings is 1. The molecule has 3 aromatic rings. The SMILES string of the molecule is Cc1ccc(S(=O)(=O)NCCc2nnc(-c3cccs3)o2)cc1Cl. The molecule has 0 radical (unpaired) electrons. The summed E-state index contributed by atoms with van der Waals surface area (Å²) in [4.78, 5) is 1.01. The van der Waals surface area contributed by atoms with Gasteiger partial charge < -0.3 is 4.42 Å². The zero-order chi connectivity index (χ0) is 17.2. The number of halogens is 1. The second kappa shape index (κ2) is 7.02. The lowest BCUT2D eigenvalue weighted by atomic mass is 10.2. The van der Waals surface area contributed by atoms with Crippen LogP contribution in [0.2, 0.25) is 5.02 Å². The van der Waals surface area contributed by atoms with E-state index >= 15 is 0 Å². The van der Waals surface area contributed by atoms with E-state index in [9.17, 15) is 8.42 Å². The predicted octanol–water partition coefficient (Wildman–Crippen LogP) is 3.28. The molecule has 0 spiro atoms. The second-order valence-corrected chi connectivity index (χ2v) is 8.16. The van der Waals surface area contributed by atoms with Gasteiger partial charge in [-0.1, -0.05) is 23.7 Å². The molecule has 1 aromatic carbocycles. The van der Waals surface area contributed by atoms with Gasteiger partial charge >= 0.3 is 0 Å². The molecule has 0 unspecified atom stereocenters. The number of benzene rings is 1. The first kappa shape index (κ1) is 17.1. The molecule has 0 saturated heterocycles. The lowest BCUT2D eigenvalue weighted by molar-refractivity contribution is 0.503. The Morgan fingerprint density at radius 3 is 2.83 bits per heavy atom. The van der Waals surface area contributed by atoms with Crippen LogP contribution < -0.4 is 4.72 Å². The summed E-state index contributed by atoms with van der Waals surface area (Å²) in [7, 11) is -3.63. The highest BCUT2D eigenvalue weighted by atomic mass is 35.5. The van der Waals surface area contributed by atoms with E-state index in [-0.39, 0.29) is 11.4 Å². The molecule has 0 amide bonds. The Morgan fingerprint density at radius 2 is 2.12 bits per heavy atom. The molecule has 126 valence electrons. The minimum atomic E-state index is -3.63. The number of hydrogen-bond donors (Lipinski definition) is 1. The van der Waals surface area contributed by atoms with E-state index in [2.05, 4.69) is 14.9 Å². The van der Waals surface area contributed by atoms with Crippen molar-refractivity contribution in [3.8, 4) is 10.8 Å². The lowest BCUT2D eigenvalue weighted by Crippen LogP contribution is -2.26. The van der Waals surface area contributed by atoms with Crippen LogP contribution in [0.5, 0.6) is 0 Å². The van der Waals surface area contributed by atoms with E-state index < -0.39 is 10.0 Å². The van der Waals surface area contributed by atoms with Gasteiger partial charge in [-0.2, -0.15) is 0 Å². The Labute approximate surface area is 148 Å². The topological polar surface area (TPSA) is 85.1 Å². The van der Waals surface area contributed by atoms with Crippen LogP contribution in [-0.2, 0) is 16.4 Å². The Hall–Kier alpha value is -1.74. The quantitative estimate of drug-likeness (QED) is 0.706. The van der Waals surface area contributed by atoms with Gasteiger partial charge in [-0.15, -0.1) is 21.5 Å². The summed E-state index contributed by atoms with van der Waals surface area (Å²) >= 11 is 7.47. The molecule has 0 fully saturated rings. The van der Waals surface area contributed by atoms with Crippen molar-refractivity contribution in [3.63, 3.8) is 0 Å². The molecule has 2 aromatic heterocycles. The highest BCUT2D eigenvalue weighted by Crippen LogP contribution is 2.23. The van der Waals surface area contributed by atoms with E-state index in [0.717, 1.165) is 10.4 Å². The summed E-state index contributed by atoms with van der Waals surface area (Å²) in [5, 5.41) is 10.2. The molecule has 0 aliphatic heterocycles. The Balaban J connectivity index is 1.62. The van der Waals surface area contributed by atoms with Crippen molar-refractivity contribution < 1.29 is 12.8 Å². The molecule has 2 heterocycles. The molecular weight excluding hydrogens is 370 g/mol. The fourth-order valence-electron chi connectivity index (χ4n) is 1.97. The minimum absolute atomic E-state index is 0.128. The summed E-state index contributed by atoms with van der Waals surface area (Å²) in [5.74, 6) is 0.816. The van der Waals surface area contributed by atoms with Crippen molar-refractivity contribution in [1.29, 1.82) is 0 Å². The van der Waals surface area contributed by atoms with Crippen LogP contribution >= 0.6 is 22.9 Å². The maximum atomic E-state index is 12.2. The first-order chi connectivity index (χ1) is 11.5. The monoisotopic (exact) mass is 383 g/mol. The van der Waals surface area contributed by atoms with Gasteiger partial charge in [0.1, 0.15) is 0 Å². The number of sulfonamides is 1. The van der Waals surface area contributed by atoms with Crippen LogP contribution in [0, 0.1) is 6.92 Å². The van der Waals surface area contributed by atoms with Crippen molar-refractivity contribution >= 4 is 33.0 Å². The number of nitrogens with zero attached hydrogens (tertiary/aromatic N) is 2. The fourth-order valence-corrected chi connectivity index (χ4v) is 3.92. The molecule has 3 rings (SSSR count). The Bertz CT molecular complexity index is 937. The summed E-state index contributed by atoms with van der Waals surface area (Å²) in [6.07, 6.45) is 0.303. The maximum absolute atomic E-state index is 12.2. The van der Waals surface area contributed by atoms with Gasteiger partial charge in [-0.25, -0.2) is 13.1 Å². The van der Waals surface area contributed by atoms with Crippen molar-refractivity contribution in [2.75, 3.05) is 6.54 Å². The third-order valence-electron chi connectivity index (χ3n) is 3.28. The number of hydrogen-bond acceptors (Lipinski definition) is 6. The highest BCUT2D eigenvalue weighted by molar-refractivity contribution is 7.89. The zero-order valence-electron chi connectivity index (χ0n) is 12.7. The Morgan fingerprint density at radius 1 is 1.29 bits per heavy atom. The molecule has 0 aliphatic carbocycles. The predicted molar refractivity (Wildman–Crippen MR) is 92.7 cm³/mol. The Kier molecular flexibility index (Phi) is 5.00. The third-order valence-corrected chi connectivity index (χ3v) is 6.01. The normalized spacial score (nSPS) is 11.8. The summed E-state index contributed by atoms with van der Waals surface area (Å²) in [6.45, 7) is 1.97. The molecule has 0 aliphatic rings. The zero-order valence-corrected chi connectivity index (χ0v) is 15.1. The van der Waals surface area contributed by atoms with Crippen LogP contribution in [0.3, 0.4) is 0 Å². The number of nitrogens with one attached hydrogen (secondary N) is 1. The van der Waals surface area contributed by atoms with Gasteiger partial charge in [-0.05, 0) is 36.1 Å². The van der Waals surface area contributed by atoms with Gasteiger partial charge in [-0.3, -0.25) is 0 Å². The molecule has 1 N–H and O–H groups in total. The van der Waals surface area contributed by atoms with E-state index in [1.165, 1.54) is 23.5 Å². The van der Waals surface area contributed by atoms with Crippen molar-refractivity contribution in [2.45, 2.75) is 18.2 Å². The van der Waals surface area contributed by atoms with E-state index in [4.69, 9.17) is 16.0 Å². The van der Waals surface area contributed by atoms with Crippen molar-refractivity contribution in [1.82, 2.24) is 14.9 Å². The maximum Gasteiger partial charge on any atom is 0.257 e. The first-order valence-corrected chi connectivity index (χ1v) is 9.82. The molecule has 0 bridgehead atoms. The van der Waals surface area contributed by atoms with Gasteiger partial charge in [0.2, 0.25) is 15.9 Å². The van der Waals surface area contributed by atoms with Crippen molar-refractivity contribution in [2.24, 2.45) is 0 Å². The van der Waals surface area contributed by atoms with Gasteiger partial charge in [0.05, 0.1) is 9.77 Å². The first-order valence-electron chi connectivity index (χ1n) is 7.08.